The summed E-state index contributed by atoms with van der Waals surface area (Å²) < 4.78 is 10.6. The quantitative estimate of drug-likeness (QED) is 0.566. The van der Waals surface area contributed by atoms with Crippen molar-refractivity contribution >= 4 is 52.5 Å². The van der Waals surface area contributed by atoms with E-state index in [2.05, 4.69) is 10.6 Å². The Kier molecular flexibility index (Phi) is 7.82. The standard InChI is InChI=1S/C23H23ClN2O5S/c1-13(2)31-23(29)17-12-15(8-9-18(17)24)25-21(27)16-6-4-5-7-19(16)26-22(28)20-14(3)30-10-11-32-20/h4-9,12-13H,10-11H2,1-3H3,(H,25,27)(H,26,28). The van der Waals surface area contributed by atoms with Crippen LogP contribution < -0.4 is 10.6 Å². The summed E-state index contributed by atoms with van der Waals surface area (Å²) in [6, 6.07) is 11.2. The molecule has 168 valence electrons. The molecule has 1 aliphatic rings. The number of anilines is 2. The summed E-state index contributed by atoms with van der Waals surface area (Å²) in [5, 5.41) is 5.74. The Morgan fingerprint density at radius 1 is 1.06 bits per heavy atom. The summed E-state index contributed by atoms with van der Waals surface area (Å²) in [6.07, 6.45) is -0.307. The summed E-state index contributed by atoms with van der Waals surface area (Å²) in [7, 11) is 0. The average Bonchev–Trinajstić information content (AvgIpc) is 2.75. The lowest BCUT2D eigenvalue weighted by Crippen LogP contribution is -2.21. The van der Waals surface area contributed by atoms with Crippen molar-refractivity contribution in [1.29, 1.82) is 0 Å². The topological polar surface area (TPSA) is 93.7 Å². The smallest absolute Gasteiger partial charge is 0.339 e. The molecule has 9 heteroatoms. The number of halogens is 1. The van der Waals surface area contributed by atoms with Crippen molar-refractivity contribution < 1.29 is 23.9 Å². The number of hydrogen-bond acceptors (Lipinski definition) is 6. The Bertz CT molecular complexity index is 1080. The molecular formula is C23H23ClN2O5S. The fourth-order valence-corrected chi connectivity index (χ4v) is 3.95. The van der Waals surface area contributed by atoms with Gasteiger partial charge in [0.15, 0.2) is 0 Å². The number of rotatable bonds is 6. The maximum absolute atomic E-state index is 12.9. The SMILES string of the molecule is CC1=C(C(=O)Nc2ccccc2C(=O)Nc2ccc(Cl)c(C(=O)OC(C)C)c2)SCCO1. The average molecular weight is 475 g/mol. The summed E-state index contributed by atoms with van der Waals surface area (Å²) in [5.41, 5.74) is 1.14. The van der Waals surface area contributed by atoms with Crippen LogP contribution in [0.15, 0.2) is 53.1 Å². The molecule has 32 heavy (non-hydrogen) atoms. The van der Waals surface area contributed by atoms with Gasteiger partial charge in [-0.2, -0.15) is 0 Å². The Balaban J connectivity index is 1.79. The first kappa shape index (κ1) is 23.7. The van der Waals surface area contributed by atoms with E-state index in [-0.39, 0.29) is 28.2 Å². The van der Waals surface area contributed by atoms with Crippen LogP contribution >= 0.6 is 23.4 Å². The molecule has 0 saturated heterocycles. The molecule has 0 fully saturated rings. The number of esters is 1. The monoisotopic (exact) mass is 474 g/mol. The third-order valence-electron chi connectivity index (χ3n) is 4.38. The first-order valence-corrected chi connectivity index (χ1v) is 11.3. The van der Waals surface area contributed by atoms with E-state index in [9.17, 15) is 14.4 Å². The van der Waals surface area contributed by atoms with E-state index >= 15 is 0 Å². The van der Waals surface area contributed by atoms with Gasteiger partial charge in [0.2, 0.25) is 0 Å². The lowest BCUT2D eigenvalue weighted by atomic mass is 10.1. The van der Waals surface area contributed by atoms with Gasteiger partial charge in [0.05, 0.1) is 34.5 Å². The molecule has 2 aromatic carbocycles. The minimum absolute atomic E-state index is 0.150. The minimum atomic E-state index is -0.579. The van der Waals surface area contributed by atoms with Gasteiger partial charge in [0.1, 0.15) is 10.7 Å². The van der Waals surface area contributed by atoms with Crippen molar-refractivity contribution in [2.24, 2.45) is 0 Å². The van der Waals surface area contributed by atoms with Gasteiger partial charge in [0, 0.05) is 11.4 Å². The minimum Gasteiger partial charge on any atom is -0.496 e. The van der Waals surface area contributed by atoms with Crippen molar-refractivity contribution in [1.82, 2.24) is 0 Å². The number of thioether (sulfide) groups is 1. The first-order valence-electron chi connectivity index (χ1n) is 9.95. The van der Waals surface area contributed by atoms with Gasteiger partial charge < -0.3 is 20.1 Å². The molecule has 0 bridgehead atoms. The van der Waals surface area contributed by atoms with Crippen molar-refractivity contribution in [3.63, 3.8) is 0 Å². The number of allylic oxidation sites excluding steroid dienone is 1. The van der Waals surface area contributed by atoms with E-state index in [1.807, 2.05) is 0 Å². The predicted molar refractivity (Wildman–Crippen MR) is 126 cm³/mol. The predicted octanol–water partition coefficient (Wildman–Crippen LogP) is 5.09. The Morgan fingerprint density at radius 3 is 2.53 bits per heavy atom. The summed E-state index contributed by atoms with van der Waals surface area (Å²) >= 11 is 7.53. The van der Waals surface area contributed by atoms with Crippen LogP contribution in [0.5, 0.6) is 0 Å². The second-order valence-corrected chi connectivity index (χ2v) is 8.70. The van der Waals surface area contributed by atoms with Crippen LogP contribution in [0.2, 0.25) is 5.02 Å². The lowest BCUT2D eigenvalue weighted by Gasteiger charge is -2.18. The van der Waals surface area contributed by atoms with E-state index in [0.717, 1.165) is 0 Å². The fraction of sp³-hybridized carbons (Fsp3) is 0.261. The number of carbonyl (C=O) groups is 3. The highest BCUT2D eigenvalue weighted by atomic mass is 35.5. The molecule has 1 heterocycles. The number of hydrogen-bond donors (Lipinski definition) is 2. The summed E-state index contributed by atoms with van der Waals surface area (Å²) in [5.74, 6) is -0.130. The molecule has 0 spiro atoms. The van der Waals surface area contributed by atoms with Gasteiger partial charge in [-0.3, -0.25) is 9.59 Å². The number of ether oxygens (including phenoxy) is 2. The number of carbonyl (C=O) groups excluding carboxylic acids is 3. The van der Waals surface area contributed by atoms with E-state index in [0.29, 0.717) is 34.4 Å². The number of para-hydroxylation sites is 1. The third-order valence-corrected chi connectivity index (χ3v) is 5.84. The largest absolute Gasteiger partial charge is 0.496 e. The molecule has 2 N–H and O–H groups in total. The van der Waals surface area contributed by atoms with Gasteiger partial charge in [-0.25, -0.2) is 4.79 Å². The number of benzene rings is 2. The molecule has 0 unspecified atom stereocenters. The first-order chi connectivity index (χ1) is 15.3. The van der Waals surface area contributed by atoms with Crippen LogP contribution in [0.4, 0.5) is 11.4 Å². The van der Waals surface area contributed by atoms with Crippen molar-refractivity contribution in [3.05, 3.63) is 69.3 Å². The molecule has 0 radical (unpaired) electrons. The molecule has 1 aliphatic heterocycles. The Morgan fingerprint density at radius 2 is 1.81 bits per heavy atom. The second kappa shape index (κ2) is 10.6. The number of amides is 2. The van der Waals surface area contributed by atoms with Crippen molar-refractivity contribution in [2.45, 2.75) is 26.9 Å². The Hall–Kier alpha value is -2.97. The Labute approximate surface area is 195 Å². The highest BCUT2D eigenvalue weighted by molar-refractivity contribution is 8.04. The molecule has 7 nitrogen and oxygen atoms in total. The molecule has 0 atom stereocenters. The molecule has 0 saturated carbocycles. The van der Waals surface area contributed by atoms with Crippen LogP contribution in [0.3, 0.4) is 0 Å². The van der Waals surface area contributed by atoms with Gasteiger partial charge in [-0.05, 0) is 51.1 Å². The van der Waals surface area contributed by atoms with Gasteiger partial charge in [0.25, 0.3) is 11.8 Å². The third kappa shape index (κ3) is 5.83. The second-order valence-electron chi connectivity index (χ2n) is 7.18. The van der Waals surface area contributed by atoms with Crippen LogP contribution in [0, 0.1) is 0 Å². The molecule has 0 aliphatic carbocycles. The van der Waals surface area contributed by atoms with Gasteiger partial charge in [-0.15, -0.1) is 11.8 Å². The fourth-order valence-electron chi connectivity index (χ4n) is 2.94. The molecule has 0 aromatic heterocycles. The van der Waals surface area contributed by atoms with Crippen LogP contribution in [-0.4, -0.2) is 36.2 Å². The highest BCUT2D eigenvalue weighted by Gasteiger charge is 2.21. The van der Waals surface area contributed by atoms with Crippen LogP contribution in [0.1, 0.15) is 41.5 Å². The normalized spacial score (nSPS) is 13.4. The van der Waals surface area contributed by atoms with E-state index in [1.165, 1.54) is 23.9 Å². The maximum atomic E-state index is 12.9. The summed E-state index contributed by atoms with van der Waals surface area (Å²) in [6.45, 7) is 5.76. The van der Waals surface area contributed by atoms with Crippen LogP contribution in [0.25, 0.3) is 0 Å². The zero-order valence-electron chi connectivity index (χ0n) is 17.9. The van der Waals surface area contributed by atoms with E-state index in [4.69, 9.17) is 21.1 Å². The van der Waals surface area contributed by atoms with Crippen molar-refractivity contribution in [2.75, 3.05) is 23.0 Å². The zero-order chi connectivity index (χ0) is 23.3. The summed E-state index contributed by atoms with van der Waals surface area (Å²) in [4.78, 5) is 38.4. The van der Waals surface area contributed by atoms with Gasteiger partial charge >= 0.3 is 5.97 Å². The van der Waals surface area contributed by atoms with E-state index in [1.54, 1.807) is 51.1 Å². The highest BCUT2D eigenvalue weighted by Crippen LogP contribution is 2.28. The molecule has 2 aromatic rings. The van der Waals surface area contributed by atoms with E-state index < -0.39 is 11.9 Å². The molecular weight excluding hydrogens is 452 g/mol. The zero-order valence-corrected chi connectivity index (χ0v) is 19.4. The number of nitrogens with one attached hydrogen (secondary N) is 2. The van der Waals surface area contributed by atoms with Crippen molar-refractivity contribution in [3.8, 4) is 0 Å². The van der Waals surface area contributed by atoms with Crippen LogP contribution in [-0.2, 0) is 14.3 Å². The molecule has 2 amide bonds. The maximum Gasteiger partial charge on any atom is 0.339 e. The lowest BCUT2D eigenvalue weighted by molar-refractivity contribution is -0.112. The van der Waals surface area contributed by atoms with Gasteiger partial charge in [-0.1, -0.05) is 23.7 Å². The molecule has 3 rings (SSSR count).